The number of nitrogens with zero attached hydrogens (tertiary/aromatic N) is 4. The Morgan fingerprint density at radius 2 is 2.18 bits per heavy atom. The lowest BCUT2D eigenvalue weighted by Crippen LogP contribution is -2.43. The Morgan fingerprint density at radius 3 is 2.88 bits per heavy atom. The van der Waals surface area contributed by atoms with E-state index in [0.29, 0.717) is 11.9 Å². The average Bonchev–Trinajstić information content (AvgIpc) is 2.26. The fraction of sp³-hybridized carbons (Fsp3) is 0.455. The molecule has 6 nitrogen and oxygen atoms in total. The van der Waals surface area contributed by atoms with Gasteiger partial charge >= 0.3 is 6.09 Å². The van der Waals surface area contributed by atoms with Gasteiger partial charge in [-0.2, -0.15) is 0 Å². The fourth-order valence-electron chi connectivity index (χ4n) is 1.38. The third kappa shape index (κ3) is 2.77. The lowest BCUT2D eigenvalue weighted by Gasteiger charge is -2.25. The lowest BCUT2D eigenvalue weighted by atomic mass is 10.2. The van der Waals surface area contributed by atoms with Gasteiger partial charge in [0, 0.05) is 12.7 Å². The van der Waals surface area contributed by atoms with Gasteiger partial charge in [-0.15, -0.1) is 10.2 Å². The van der Waals surface area contributed by atoms with Crippen LogP contribution in [0.25, 0.3) is 12.3 Å². The molecule has 1 aromatic rings. The van der Waals surface area contributed by atoms with E-state index in [-0.39, 0.29) is 0 Å². The molecule has 0 saturated heterocycles. The number of ether oxygens (including phenoxy) is 1. The van der Waals surface area contributed by atoms with Crippen LogP contribution in [-0.4, -0.2) is 38.3 Å². The van der Waals surface area contributed by atoms with Gasteiger partial charge in [-0.05, 0) is 26.8 Å². The fourth-order valence-corrected chi connectivity index (χ4v) is 1.38. The van der Waals surface area contributed by atoms with Crippen LogP contribution >= 0.6 is 0 Å². The molecule has 0 atom stereocenters. The molecule has 0 fully saturated rings. The van der Waals surface area contributed by atoms with Gasteiger partial charge in [0.2, 0.25) is 0 Å². The first-order valence-corrected chi connectivity index (χ1v) is 5.31. The summed E-state index contributed by atoms with van der Waals surface area (Å²) in [6.07, 6.45) is 4.40. The van der Waals surface area contributed by atoms with E-state index in [9.17, 15) is 4.79 Å². The van der Waals surface area contributed by atoms with Crippen LogP contribution in [0, 0.1) is 0 Å². The third-order valence-corrected chi connectivity index (χ3v) is 2.06. The highest BCUT2D eigenvalue weighted by Crippen LogP contribution is 2.10. The van der Waals surface area contributed by atoms with Crippen LogP contribution in [-0.2, 0) is 4.74 Å². The summed E-state index contributed by atoms with van der Waals surface area (Å²) >= 11 is 0. The second-order valence-electron chi connectivity index (χ2n) is 4.70. The smallest absolute Gasteiger partial charge is 0.414 e. The predicted molar refractivity (Wildman–Crippen MR) is 60.9 cm³/mol. The monoisotopic (exact) mass is 234 g/mol. The molecule has 1 aliphatic rings. The Balaban J connectivity index is 2.23. The molecule has 0 aliphatic carbocycles. The molecule has 2 rings (SSSR count). The minimum absolute atomic E-state index is 0.398. The van der Waals surface area contributed by atoms with Gasteiger partial charge in [-0.1, -0.05) is 0 Å². The van der Waals surface area contributed by atoms with Crippen molar-refractivity contribution in [1.82, 2.24) is 20.1 Å². The van der Waals surface area contributed by atoms with Crippen LogP contribution in [0.1, 0.15) is 20.8 Å². The van der Waals surface area contributed by atoms with Crippen LogP contribution in [0.5, 0.6) is 0 Å². The van der Waals surface area contributed by atoms with E-state index in [2.05, 4.69) is 15.2 Å². The zero-order valence-electron chi connectivity index (χ0n) is 10.0. The SMILES string of the molecule is CC(C)(C)OC(=O)N1C=c2nncnc2=CC1. The van der Waals surface area contributed by atoms with Gasteiger partial charge in [0.05, 0.1) is 5.35 Å². The molecular formula is C11H14N4O2. The second kappa shape index (κ2) is 4.12. The van der Waals surface area contributed by atoms with Crippen molar-refractivity contribution < 1.29 is 9.53 Å². The number of carbonyl (C=O) groups is 1. The summed E-state index contributed by atoms with van der Waals surface area (Å²) in [5, 5.41) is 8.88. The van der Waals surface area contributed by atoms with Crippen molar-refractivity contribution >= 4 is 18.4 Å². The highest BCUT2D eigenvalue weighted by molar-refractivity contribution is 5.74. The number of hydrogen-bond acceptors (Lipinski definition) is 5. The zero-order chi connectivity index (χ0) is 12.5. The first-order valence-electron chi connectivity index (χ1n) is 5.31. The predicted octanol–water partition coefficient (Wildman–Crippen LogP) is -0.359. The molecule has 6 heteroatoms. The summed E-state index contributed by atoms with van der Waals surface area (Å²) in [4.78, 5) is 17.3. The Labute approximate surface area is 98.6 Å². The first-order chi connectivity index (χ1) is 7.96. The van der Waals surface area contributed by atoms with E-state index in [1.807, 2.05) is 26.8 Å². The normalized spacial score (nSPS) is 14.4. The molecule has 0 saturated carbocycles. The van der Waals surface area contributed by atoms with Crippen molar-refractivity contribution in [2.45, 2.75) is 26.4 Å². The third-order valence-electron chi connectivity index (χ3n) is 2.06. The molecule has 2 heterocycles. The van der Waals surface area contributed by atoms with Crippen LogP contribution in [0.3, 0.4) is 0 Å². The molecule has 90 valence electrons. The maximum absolute atomic E-state index is 11.8. The van der Waals surface area contributed by atoms with E-state index in [0.717, 1.165) is 5.35 Å². The van der Waals surface area contributed by atoms with Gasteiger partial charge in [-0.3, -0.25) is 4.90 Å². The zero-order valence-corrected chi connectivity index (χ0v) is 10.0. The molecule has 0 bridgehead atoms. The van der Waals surface area contributed by atoms with E-state index in [4.69, 9.17) is 4.74 Å². The second-order valence-corrected chi connectivity index (χ2v) is 4.70. The lowest BCUT2D eigenvalue weighted by molar-refractivity contribution is 0.0379. The van der Waals surface area contributed by atoms with E-state index in [1.54, 1.807) is 6.20 Å². The number of hydrogen-bond donors (Lipinski definition) is 0. The minimum atomic E-state index is -0.508. The number of rotatable bonds is 0. The maximum Gasteiger partial charge on any atom is 0.414 e. The summed E-state index contributed by atoms with van der Waals surface area (Å²) in [6.45, 7) is 5.91. The summed E-state index contributed by atoms with van der Waals surface area (Å²) in [6, 6.07) is 0. The molecule has 17 heavy (non-hydrogen) atoms. The van der Waals surface area contributed by atoms with Crippen molar-refractivity contribution in [3.8, 4) is 0 Å². The van der Waals surface area contributed by atoms with E-state index < -0.39 is 11.7 Å². The van der Waals surface area contributed by atoms with Gasteiger partial charge in [0.15, 0.2) is 0 Å². The molecule has 1 aliphatic heterocycles. The Bertz CT molecular complexity index is 547. The first kappa shape index (κ1) is 11.5. The Hall–Kier alpha value is -1.98. The average molecular weight is 234 g/mol. The van der Waals surface area contributed by atoms with Crippen molar-refractivity contribution in [1.29, 1.82) is 0 Å². The number of amides is 1. The van der Waals surface area contributed by atoms with Crippen LogP contribution in [0.2, 0.25) is 0 Å². The van der Waals surface area contributed by atoms with Crippen LogP contribution in [0.4, 0.5) is 4.79 Å². The highest BCUT2D eigenvalue weighted by atomic mass is 16.6. The largest absolute Gasteiger partial charge is 0.443 e. The molecule has 0 unspecified atom stereocenters. The number of fused-ring (bicyclic) bond motifs is 1. The van der Waals surface area contributed by atoms with Crippen LogP contribution < -0.4 is 10.7 Å². The van der Waals surface area contributed by atoms with Crippen LogP contribution in [0.15, 0.2) is 6.33 Å². The van der Waals surface area contributed by atoms with Crippen molar-refractivity contribution in [2.24, 2.45) is 0 Å². The van der Waals surface area contributed by atoms with Crippen molar-refractivity contribution in [2.75, 3.05) is 6.54 Å². The summed E-state index contributed by atoms with van der Waals surface area (Å²) in [7, 11) is 0. The summed E-state index contributed by atoms with van der Waals surface area (Å²) in [5.74, 6) is 0. The standard InChI is InChI=1S/C11H14N4O2/c1-11(2,3)17-10(16)15-5-4-8-9(6-15)14-13-7-12-8/h4,6-7H,5H2,1-3H3. The summed E-state index contributed by atoms with van der Waals surface area (Å²) < 4.78 is 5.26. The molecule has 1 aromatic heterocycles. The van der Waals surface area contributed by atoms with Gasteiger partial charge in [0.25, 0.3) is 0 Å². The van der Waals surface area contributed by atoms with Gasteiger partial charge in [0.1, 0.15) is 17.3 Å². The topological polar surface area (TPSA) is 68.2 Å². The quantitative estimate of drug-likeness (QED) is 0.613. The minimum Gasteiger partial charge on any atom is -0.443 e. The number of carbonyl (C=O) groups excluding carboxylic acids is 1. The van der Waals surface area contributed by atoms with Crippen molar-refractivity contribution in [3.63, 3.8) is 0 Å². The molecule has 1 amide bonds. The molecule has 0 radical (unpaired) electrons. The molecule has 0 N–H and O–H groups in total. The Kier molecular flexibility index (Phi) is 2.79. The summed E-state index contributed by atoms with van der Waals surface area (Å²) in [5.41, 5.74) is -0.508. The molecule has 0 aromatic carbocycles. The van der Waals surface area contributed by atoms with Gasteiger partial charge in [-0.25, -0.2) is 9.78 Å². The Morgan fingerprint density at radius 1 is 1.41 bits per heavy atom. The van der Waals surface area contributed by atoms with Crippen molar-refractivity contribution in [3.05, 3.63) is 17.0 Å². The number of aromatic nitrogens is 3. The van der Waals surface area contributed by atoms with Gasteiger partial charge < -0.3 is 4.74 Å². The molecular weight excluding hydrogens is 220 g/mol. The maximum atomic E-state index is 11.8. The highest BCUT2D eigenvalue weighted by Gasteiger charge is 2.21. The van der Waals surface area contributed by atoms with E-state index >= 15 is 0 Å². The van der Waals surface area contributed by atoms with E-state index in [1.165, 1.54) is 11.2 Å². The molecule has 0 spiro atoms.